The van der Waals surface area contributed by atoms with Crippen LogP contribution in [0.3, 0.4) is 0 Å². The van der Waals surface area contributed by atoms with Crippen molar-refractivity contribution in [1.82, 2.24) is 10.2 Å². The first kappa shape index (κ1) is 20.7. The van der Waals surface area contributed by atoms with E-state index in [2.05, 4.69) is 70.6 Å². The van der Waals surface area contributed by atoms with E-state index in [0.29, 0.717) is 17.9 Å². The Balaban J connectivity index is 1.12. The molecule has 164 valence electrons. The van der Waals surface area contributed by atoms with Crippen LogP contribution in [0.1, 0.15) is 59.5 Å². The fourth-order valence-corrected chi connectivity index (χ4v) is 4.22. The van der Waals surface area contributed by atoms with Gasteiger partial charge in [-0.1, -0.05) is 31.2 Å². The molecule has 0 bridgehead atoms. The van der Waals surface area contributed by atoms with Crippen LogP contribution in [0, 0.1) is 5.92 Å². The molecule has 5 rings (SSSR count). The van der Waals surface area contributed by atoms with Crippen molar-refractivity contribution in [3.8, 4) is 5.75 Å². The predicted octanol–water partition coefficient (Wildman–Crippen LogP) is 5.25. The lowest BCUT2D eigenvalue weighted by Crippen LogP contribution is -2.45. The predicted molar refractivity (Wildman–Crippen MR) is 125 cm³/mol. The number of benzene rings is 2. The Bertz CT molecular complexity index is 1040. The number of ketones is 1. The third-order valence-corrected chi connectivity index (χ3v) is 6.64. The smallest absolute Gasteiger partial charge is 0.165 e. The molecular formula is C27H29N3O2. The Hall–Kier alpha value is -3.21. The van der Waals surface area contributed by atoms with Crippen molar-refractivity contribution in [2.24, 2.45) is 5.92 Å². The van der Waals surface area contributed by atoms with Gasteiger partial charge in [0.15, 0.2) is 5.78 Å². The number of Topliss-reactive ketones (excluding diaryl/α,β-unsaturated/α-hetero) is 1. The first-order valence-corrected chi connectivity index (χ1v) is 11.5. The number of hydrogen-bond donors (Lipinski definition) is 0. The number of anilines is 1. The number of hydrogen-bond acceptors (Lipinski definition) is 5. The van der Waals surface area contributed by atoms with Crippen LogP contribution >= 0.6 is 0 Å². The zero-order chi connectivity index (χ0) is 21.9. The Morgan fingerprint density at radius 2 is 1.78 bits per heavy atom. The molecule has 1 saturated carbocycles. The minimum Gasteiger partial charge on any atom is -0.493 e. The number of ether oxygens (including phenoxy) is 1. The van der Waals surface area contributed by atoms with Gasteiger partial charge in [-0.15, -0.1) is 0 Å². The van der Waals surface area contributed by atoms with E-state index in [-0.39, 0.29) is 11.7 Å². The number of carbonyl (C=O) groups excluding carboxylic acids is 1. The van der Waals surface area contributed by atoms with Gasteiger partial charge in [0, 0.05) is 36.7 Å². The molecule has 5 heteroatoms. The molecule has 2 heterocycles. The second-order valence-corrected chi connectivity index (χ2v) is 9.18. The highest BCUT2D eigenvalue weighted by molar-refractivity contribution is 5.96. The Labute approximate surface area is 189 Å². The van der Waals surface area contributed by atoms with Crippen LogP contribution in [-0.4, -0.2) is 35.7 Å². The largest absolute Gasteiger partial charge is 0.493 e. The molecule has 0 amide bonds. The molecule has 1 aliphatic carbocycles. The third-order valence-electron chi connectivity index (χ3n) is 6.64. The van der Waals surface area contributed by atoms with Crippen molar-refractivity contribution in [2.45, 2.75) is 38.0 Å². The highest BCUT2D eigenvalue weighted by Gasteiger charge is 2.28. The van der Waals surface area contributed by atoms with Crippen molar-refractivity contribution in [2.75, 3.05) is 24.6 Å². The van der Waals surface area contributed by atoms with Crippen molar-refractivity contribution >= 4 is 11.5 Å². The standard InChI is InChI=1S/C27H29N3O2/c1-19(14-27(31)23-12-13-28-29-15-23)21-4-6-22(7-5-21)24-16-30(17-24)25-8-10-26(11-9-25)32-18-20-2-3-20/h4-13,15,19-20,24H,2-3,14,16-18H2,1H3/t19-/m1/s1. The maximum atomic E-state index is 12.4. The van der Waals surface area contributed by atoms with E-state index in [4.69, 9.17) is 4.74 Å². The van der Waals surface area contributed by atoms with Crippen molar-refractivity contribution in [3.63, 3.8) is 0 Å². The Morgan fingerprint density at radius 1 is 1.03 bits per heavy atom. The summed E-state index contributed by atoms with van der Waals surface area (Å²) in [6.07, 6.45) is 6.20. The van der Waals surface area contributed by atoms with Gasteiger partial charge in [0.05, 0.1) is 19.0 Å². The molecule has 3 aromatic rings. The number of aromatic nitrogens is 2. The fourth-order valence-electron chi connectivity index (χ4n) is 4.22. The quantitative estimate of drug-likeness (QED) is 0.437. The van der Waals surface area contributed by atoms with Gasteiger partial charge in [-0.3, -0.25) is 4.79 Å². The zero-order valence-electron chi connectivity index (χ0n) is 18.5. The SMILES string of the molecule is C[C@H](CC(=O)c1ccnnc1)c1ccc(C2CN(c3ccc(OCC4CC4)cc3)C2)cc1. The second-order valence-electron chi connectivity index (χ2n) is 9.18. The van der Waals surface area contributed by atoms with Crippen molar-refractivity contribution in [3.05, 3.63) is 83.7 Å². The van der Waals surface area contributed by atoms with E-state index in [1.54, 1.807) is 12.3 Å². The van der Waals surface area contributed by atoms with Crippen LogP contribution in [-0.2, 0) is 0 Å². The van der Waals surface area contributed by atoms with E-state index in [1.807, 2.05) is 0 Å². The molecule has 1 aliphatic heterocycles. The first-order valence-electron chi connectivity index (χ1n) is 11.5. The summed E-state index contributed by atoms with van der Waals surface area (Å²) >= 11 is 0. The van der Waals surface area contributed by atoms with Crippen LogP contribution in [0.25, 0.3) is 0 Å². The molecule has 5 nitrogen and oxygen atoms in total. The second kappa shape index (κ2) is 9.11. The van der Waals surface area contributed by atoms with Gasteiger partial charge in [0.2, 0.25) is 0 Å². The Morgan fingerprint density at radius 3 is 2.44 bits per heavy atom. The first-order chi connectivity index (χ1) is 15.7. The van der Waals surface area contributed by atoms with Crippen molar-refractivity contribution in [1.29, 1.82) is 0 Å². The summed E-state index contributed by atoms with van der Waals surface area (Å²) in [4.78, 5) is 14.8. The van der Waals surface area contributed by atoms with Crippen LogP contribution in [0.15, 0.2) is 67.0 Å². The van der Waals surface area contributed by atoms with Gasteiger partial charge in [-0.25, -0.2) is 0 Å². The average Bonchev–Trinajstić information content (AvgIpc) is 3.63. The normalized spacial score (nSPS) is 17.0. The summed E-state index contributed by atoms with van der Waals surface area (Å²) in [6.45, 7) is 5.02. The minimum absolute atomic E-state index is 0.107. The molecule has 2 aliphatic rings. The molecule has 1 atom stereocenters. The van der Waals surface area contributed by atoms with Gasteiger partial charge in [-0.05, 0) is 66.1 Å². The molecule has 0 radical (unpaired) electrons. The van der Waals surface area contributed by atoms with E-state index >= 15 is 0 Å². The molecule has 1 aromatic heterocycles. The molecule has 0 N–H and O–H groups in total. The maximum absolute atomic E-state index is 12.4. The highest BCUT2D eigenvalue weighted by atomic mass is 16.5. The van der Waals surface area contributed by atoms with Crippen molar-refractivity contribution < 1.29 is 9.53 Å². The maximum Gasteiger partial charge on any atom is 0.165 e. The summed E-state index contributed by atoms with van der Waals surface area (Å²) in [5.74, 6) is 2.58. The van der Waals surface area contributed by atoms with Gasteiger partial charge >= 0.3 is 0 Å². The summed E-state index contributed by atoms with van der Waals surface area (Å²) in [6, 6.07) is 19.0. The van der Waals surface area contributed by atoms with E-state index in [1.165, 1.54) is 35.9 Å². The number of carbonyl (C=O) groups is 1. The van der Waals surface area contributed by atoms with E-state index in [9.17, 15) is 4.79 Å². The monoisotopic (exact) mass is 427 g/mol. The summed E-state index contributed by atoms with van der Waals surface area (Å²) in [5.41, 5.74) is 4.45. The average molecular weight is 428 g/mol. The topological polar surface area (TPSA) is 55.3 Å². The summed E-state index contributed by atoms with van der Waals surface area (Å²) in [5, 5.41) is 7.54. The third kappa shape index (κ3) is 4.82. The van der Waals surface area contributed by atoms with Crippen LogP contribution in [0.2, 0.25) is 0 Å². The molecule has 32 heavy (non-hydrogen) atoms. The fraction of sp³-hybridized carbons (Fsp3) is 0.370. The lowest BCUT2D eigenvalue weighted by molar-refractivity contribution is 0.0975. The van der Waals surface area contributed by atoms with Gasteiger partial charge in [0.1, 0.15) is 5.75 Å². The van der Waals surface area contributed by atoms with Crippen LogP contribution < -0.4 is 9.64 Å². The molecule has 0 spiro atoms. The molecule has 2 aromatic carbocycles. The number of nitrogens with zero attached hydrogens (tertiary/aromatic N) is 3. The van der Waals surface area contributed by atoms with Crippen LogP contribution in [0.4, 0.5) is 5.69 Å². The highest BCUT2D eigenvalue weighted by Crippen LogP contribution is 2.34. The molecule has 1 saturated heterocycles. The lowest BCUT2D eigenvalue weighted by Gasteiger charge is -2.41. The van der Waals surface area contributed by atoms with Gasteiger partial charge < -0.3 is 9.64 Å². The molecule has 0 unspecified atom stereocenters. The molecule has 2 fully saturated rings. The van der Waals surface area contributed by atoms with Crippen LogP contribution in [0.5, 0.6) is 5.75 Å². The van der Waals surface area contributed by atoms with E-state index < -0.39 is 0 Å². The number of rotatable bonds is 9. The zero-order valence-corrected chi connectivity index (χ0v) is 18.5. The minimum atomic E-state index is 0.107. The van der Waals surface area contributed by atoms with Gasteiger partial charge in [-0.2, -0.15) is 10.2 Å². The van der Waals surface area contributed by atoms with E-state index in [0.717, 1.165) is 31.4 Å². The lowest BCUT2D eigenvalue weighted by atomic mass is 9.88. The summed E-state index contributed by atoms with van der Waals surface area (Å²) in [7, 11) is 0. The summed E-state index contributed by atoms with van der Waals surface area (Å²) < 4.78 is 5.84. The molecular weight excluding hydrogens is 398 g/mol. The van der Waals surface area contributed by atoms with Gasteiger partial charge in [0.25, 0.3) is 0 Å². The Kier molecular flexibility index (Phi) is 5.89.